The molecule has 1 atom stereocenters. The Labute approximate surface area is 88.5 Å². The highest BCUT2D eigenvalue weighted by Crippen LogP contribution is 2.18. The highest BCUT2D eigenvalue weighted by molar-refractivity contribution is 5.19. The molecule has 0 amide bonds. The highest BCUT2D eigenvalue weighted by atomic mass is 15.1. The average molecular weight is 205 g/mol. The van der Waals surface area contributed by atoms with Gasteiger partial charge in [-0.1, -0.05) is 6.92 Å². The van der Waals surface area contributed by atoms with Crippen LogP contribution in [0.2, 0.25) is 0 Å². The molecule has 0 fully saturated rings. The van der Waals surface area contributed by atoms with Crippen LogP contribution in [0.15, 0.2) is 24.8 Å². The molecule has 0 aliphatic carbocycles. The normalized spacial score (nSPS) is 12.9. The number of hydrogen-bond acceptors (Lipinski definition) is 3. The monoisotopic (exact) mass is 205 g/mol. The molecule has 0 radical (unpaired) electrons. The van der Waals surface area contributed by atoms with Gasteiger partial charge in [-0.15, -0.1) is 0 Å². The van der Waals surface area contributed by atoms with E-state index in [0.29, 0.717) is 0 Å². The molecule has 2 aromatic heterocycles. The van der Waals surface area contributed by atoms with Crippen molar-refractivity contribution in [2.75, 3.05) is 6.54 Å². The first-order valence-corrected chi connectivity index (χ1v) is 5.02. The number of aromatic amines is 1. The third kappa shape index (κ3) is 1.92. The van der Waals surface area contributed by atoms with Gasteiger partial charge in [-0.2, -0.15) is 5.10 Å². The number of imidazole rings is 1. The van der Waals surface area contributed by atoms with Gasteiger partial charge in [0.2, 0.25) is 0 Å². The van der Waals surface area contributed by atoms with Gasteiger partial charge in [0.1, 0.15) is 5.82 Å². The second kappa shape index (κ2) is 4.27. The smallest absolute Gasteiger partial charge is 0.130 e. The van der Waals surface area contributed by atoms with Gasteiger partial charge in [0.25, 0.3) is 0 Å². The van der Waals surface area contributed by atoms with Crippen molar-refractivity contribution in [1.29, 1.82) is 0 Å². The standard InChI is InChI=1S/C10H15N5/c1-3-11-9(8-6-13-14-7-8)10-12-4-5-15(10)2/h4-7,9,11H,3H2,1-2H3,(H,13,14). The van der Waals surface area contributed by atoms with E-state index in [9.17, 15) is 0 Å². The molecule has 0 aliphatic rings. The van der Waals surface area contributed by atoms with Crippen molar-refractivity contribution in [2.45, 2.75) is 13.0 Å². The average Bonchev–Trinajstić information content (AvgIpc) is 2.85. The zero-order valence-corrected chi connectivity index (χ0v) is 8.94. The third-order valence-electron chi connectivity index (χ3n) is 2.38. The molecular formula is C10H15N5. The van der Waals surface area contributed by atoms with E-state index < -0.39 is 0 Å². The molecule has 2 aromatic rings. The lowest BCUT2D eigenvalue weighted by Gasteiger charge is -2.15. The van der Waals surface area contributed by atoms with E-state index >= 15 is 0 Å². The minimum atomic E-state index is 0.105. The van der Waals surface area contributed by atoms with E-state index in [1.54, 1.807) is 6.20 Å². The molecule has 0 spiro atoms. The number of aryl methyl sites for hydroxylation is 1. The third-order valence-corrected chi connectivity index (χ3v) is 2.38. The van der Waals surface area contributed by atoms with Crippen LogP contribution in [-0.2, 0) is 7.05 Å². The van der Waals surface area contributed by atoms with Crippen LogP contribution in [-0.4, -0.2) is 26.3 Å². The van der Waals surface area contributed by atoms with E-state index in [1.165, 1.54) is 0 Å². The zero-order chi connectivity index (χ0) is 10.7. The first-order chi connectivity index (χ1) is 7.33. The van der Waals surface area contributed by atoms with Crippen molar-refractivity contribution in [3.05, 3.63) is 36.2 Å². The molecule has 2 heterocycles. The largest absolute Gasteiger partial charge is 0.336 e. The molecule has 80 valence electrons. The molecular weight excluding hydrogens is 190 g/mol. The van der Waals surface area contributed by atoms with Gasteiger partial charge in [0.15, 0.2) is 0 Å². The van der Waals surface area contributed by atoms with Gasteiger partial charge in [0.05, 0.1) is 12.2 Å². The number of aromatic nitrogens is 4. The Balaban J connectivity index is 2.32. The summed E-state index contributed by atoms with van der Waals surface area (Å²) in [5, 5.41) is 10.2. The van der Waals surface area contributed by atoms with E-state index in [4.69, 9.17) is 0 Å². The lowest BCUT2D eigenvalue weighted by molar-refractivity contribution is 0.577. The predicted molar refractivity (Wildman–Crippen MR) is 57.3 cm³/mol. The fourth-order valence-corrected chi connectivity index (χ4v) is 1.64. The molecule has 0 saturated carbocycles. The van der Waals surface area contributed by atoms with E-state index in [2.05, 4.69) is 27.4 Å². The number of nitrogens with one attached hydrogen (secondary N) is 2. The quantitative estimate of drug-likeness (QED) is 0.777. The maximum atomic E-state index is 4.35. The topological polar surface area (TPSA) is 58.5 Å². The minimum absolute atomic E-state index is 0.105. The summed E-state index contributed by atoms with van der Waals surface area (Å²) in [4.78, 5) is 4.35. The second-order valence-electron chi connectivity index (χ2n) is 3.42. The Hall–Kier alpha value is -1.62. The van der Waals surface area contributed by atoms with Crippen molar-refractivity contribution in [2.24, 2.45) is 7.05 Å². The Morgan fingerprint density at radius 2 is 2.47 bits per heavy atom. The predicted octanol–water partition coefficient (Wildman–Crippen LogP) is 0.842. The van der Waals surface area contributed by atoms with E-state index in [0.717, 1.165) is 17.9 Å². The fourth-order valence-electron chi connectivity index (χ4n) is 1.64. The number of H-pyrrole nitrogens is 1. The summed E-state index contributed by atoms with van der Waals surface area (Å²) in [6, 6.07) is 0.105. The number of rotatable bonds is 4. The van der Waals surface area contributed by atoms with E-state index in [-0.39, 0.29) is 6.04 Å². The Morgan fingerprint density at radius 1 is 1.60 bits per heavy atom. The SMILES string of the molecule is CCNC(c1cn[nH]c1)c1nccn1C. The van der Waals surface area contributed by atoms with Crippen LogP contribution in [0, 0.1) is 0 Å². The lowest BCUT2D eigenvalue weighted by Crippen LogP contribution is -2.24. The second-order valence-corrected chi connectivity index (χ2v) is 3.42. The van der Waals surface area contributed by atoms with Crippen LogP contribution in [0.25, 0.3) is 0 Å². The molecule has 0 aliphatic heterocycles. The summed E-state index contributed by atoms with van der Waals surface area (Å²) in [6.07, 6.45) is 7.46. The van der Waals surface area contributed by atoms with Crippen molar-refractivity contribution in [1.82, 2.24) is 25.1 Å². The molecule has 15 heavy (non-hydrogen) atoms. The van der Waals surface area contributed by atoms with Gasteiger partial charge in [-0.25, -0.2) is 4.98 Å². The molecule has 2 rings (SSSR count). The minimum Gasteiger partial charge on any atom is -0.336 e. The molecule has 5 nitrogen and oxygen atoms in total. The van der Waals surface area contributed by atoms with Gasteiger partial charge in [-0.05, 0) is 6.54 Å². The summed E-state index contributed by atoms with van der Waals surface area (Å²) >= 11 is 0. The van der Waals surface area contributed by atoms with Gasteiger partial charge in [-0.3, -0.25) is 5.10 Å². The van der Waals surface area contributed by atoms with Crippen molar-refractivity contribution in [3.8, 4) is 0 Å². The maximum Gasteiger partial charge on any atom is 0.130 e. The molecule has 0 saturated heterocycles. The summed E-state index contributed by atoms with van der Waals surface area (Å²) in [5.41, 5.74) is 1.10. The van der Waals surface area contributed by atoms with Crippen molar-refractivity contribution < 1.29 is 0 Å². The van der Waals surface area contributed by atoms with Crippen LogP contribution in [0.3, 0.4) is 0 Å². The van der Waals surface area contributed by atoms with Gasteiger partial charge >= 0.3 is 0 Å². The Bertz CT molecular complexity index is 403. The number of hydrogen-bond donors (Lipinski definition) is 2. The first-order valence-electron chi connectivity index (χ1n) is 5.02. The highest BCUT2D eigenvalue weighted by Gasteiger charge is 2.17. The lowest BCUT2D eigenvalue weighted by atomic mass is 10.1. The molecule has 0 aromatic carbocycles. The fraction of sp³-hybridized carbons (Fsp3) is 0.400. The van der Waals surface area contributed by atoms with Crippen LogP contribution in [0.1, 0.15) is 24.4 Å². The Kier molecular flexibility index (Phi) is 2.82. The van der Waals surface area contributed by atoms with Crippen LogP contribution in [0.5, 0.6) is 0 Å². The van der Waals surface area contributed by atoms with Gasteiger partial charge < -0.3 is 9.88 Å². The van der Waals surface area contributed by atoms with E-state index in [1.807, 2.05) is 30.2 Å². The van der Waals surface area contributed by atoms with Crippen LogP contribution < -0.4 is 5.32 Å². The zero-order valence-electron chi connectivity index (χ0n) is 8.94. The molecule has 0 bridgehead atoms. The molecule has 2 N–H and O–H groups in total. The maximum absolute atomic E-state index is 4.35. The van der Waals surface area contributed by atoms with Gasteiger partial charge in [0, 0.05) is 31.2 Å². The van der Waals surface area contributed by atoms with Crippen molar-refractivity contribution >= 4 is 0 Å². The molecule has 1 unspecified atom stereocenters. The van der Waals surface area contributed by atoms with Crippen LogP contribution >= 0.6 is 0 Å². The number of nitrogens with zero attached hydrogens (tertiary/aromatic N) is 3. The summed E-state index contributed by atoms with van der Waals surface area (Å²) in [6.45, 7) is 2.97. The summed E-state index contributed by atoms with van der Waals surface area (Å²) in [7, 11) is 1.99. The molecule has 5 heteroatoms. The van der Waals surface area contributed by atoms with Crippen molar-refractivity contribution in [3.63, 3.8) is 0 Å². The first kappa shape index (κ1) is 9.92. The Morgan fingerprint density at radius 3 is 3.00 bits per heavy atom. The van der Waals surface area contributed by atoms with Crippen LogP contribution in [0.4, 0.5) is 0 Å². The summed E-state index contributed by atoms with van der Waals surface area (Å²) in [5.74, 6) is 0.998. The summed E-state index contributed by atoms with van der Waals surface area (Å²) < 4.78 is 2.01.